The van der Waals surface area contributed by atoms with Crippen LogP contribution >= 0.6 is 17.0 Å². The Bertz CT molecular complexity index is 267. The molecule has 0 saturated heterocycles. The Morgan fingerprint density at radius 3 is 2.47 bits per heavy atom. The standard InChI is InChI=1S/C10H18N2O4.BrH/c1-16-9(13)7-11-10(8-12(14)15)5-3-2-4-6-10;/h11H,2-8H2,1H3;1H. The van der Waals surface area contributed by atoms with Crippen molar-refractivity contribution >= 4 is 23.0 Å². The van der Waals surface area contributed by atoms with Gasteiger partial charge in [-0.1, -0.05) is 19.3 Å². The van der Waals surface area contributed by atoms with Crippen molar-refractivity contribution in [2.45, 2.75) is 37.6 Å². The zero-order valence-electron chi connectivity index (χ0n) is 9.94. The second-order valence-electron chi connectivity index (χ2n) is 4.26. The van der Waals surface area contributed by atoms with Crippen LogP contribution < -0.4 is 5.32 Å². The molecule has 0 aromatic rings. The summed E-state index contributed by atoms with van der Waals surface area (Å²) in [4.78, 5) is 21.4. The van der Waals surface area contributed by atoms with Gasteiger partial charge in [-0.05, 0) is 12.8 Å². The van der Waals surface area contributed by atoms with E-state index in [1.54, 1.807) is 0 Å². The molecule has 0 amide bonds. The first-order chi connectivity index (χ1) is 7.58. The molecule has 0 heterocycles. The smallest absolute Gasteiger partial charge is 0.319 e. The van der Waals surface area contributed by atoms with Crippen LogP contribution in [-0.2, 0) is 9.53 Å². The highest BCUT2D eigenvalue weighted by Crippen LogP contribution is 2.28. The molecule has 0 radical (unpaired) electrons. The Morgan fingerprint density at radius 2 is 2.00 bits per heavy atom. The van der Waals surface area contributed by atoms with Gasteiger partial charge in [0, 0.05) is 4.92 Å². The van der Waals surface area contributed by atoms with E-state index in [-0.39, 0.29) is 41.0 Å². The van der Waals surface area contributed by atoms with Gasteiger partial charge in [0.05, 0.1) is 19.2 Å². The third-order valence-corrected chi connectivity index (χ3v) is 3.08. The van der Waals surface area contributed by atoms with Gasteiger partial charge in [-0.15, -0.1) is 17.0 Å². The molecule has 0 spiro atoms. The number of esters is 1. The van der Waals surface area contributed by atoms with Crippen LogP contribution in [0.1, 0.15) is 32.1 Å². The molecule has 0 unspecified atom stereocenters. The maximum atomic E-state index is 11.0. The molecular weight excluding hydrogens is 292 g/mol. The number of carbonyl (C=O) groups is 1. The first-order valence-electron chi connectivity index (χ1n) is 5.52. The number of methoxy groups -OCH3 is 1. The summed E-state index contributed by atoms with van der Waals surface area (Å²) in [5.41, 5.74) is -0.518. The Labute approximate surface area is 111 Å². The van der Waals surface area contributed by atoms with Crippen LogP contribution in [0.3, 0.4) is 0 Å². The third-order valence-electron chi connectivity index (χ3n) is 3.08. The molecule has 1 rings (SSSR count). The van der Waals surface area contributed by atoms with E-state index in [0.29, 0.717) is 0 Å². The van der Waals surface area contributed by atoms with Gasteiger partial charge in [0.2, 0.25) is 6.54 Å². The third kappa shape index (κ3) is 5.45. The van der Waals surface area contributed by atoms with Crippen molar-refractivity contribution in [3.8, 4) is 0 Å². The van der Waals surface area contributed by atoms with Gasteiger partial charge in [-0.25, -0.2) is 0 Å². The minimum Gasteiger partial charge on any atom is -0.468 e. The molecule has 100 valence electrons. The van der Waals surface area contributed by atoms with Crippen molar-refractivity contribution in [1.29, 1.82) is 0 Å². The fourth-order valence-electron chi connectivity index (χ4n) is 2.20. The van der Waals surface area contributed by atoms with Crippen LogP contribution in [0.2, 0.25) is 0 Å². The largest absolute Gasteiger partial charge is 0.468 e. The quantitative estimate of drug-likeness (QED) is 0.470. The predicted molar refractivity (Wildman–Crippen MR) is 68.0 cm³/mol. The Kier molecular flexibility index (Phi) is 7.29. The second-order valence-corrected chi connectivity index (χ2v) is 4.26. The van der Waals surface area contributed by atoms with Gasteiger partial charge in [0.25, 0.3) is 0 Å². The lowest BCUT2D eigenvalue weighted by atomic mass is 9.81. The van der Waals surface area contributed by atoms with Gasteiger partial charge >= 0.3 is 5.97 Å². The van der Waals surface area contributed by atoms with Crippen LogP contribution in [-0.4, -0.2) is 36.6 Å². The minimum atomic E-state index is -0.518. The summed E-state index contributed by atoms with van der Waals surface area (Å²) in [6, 6.07) is 0. The summed E-state index contributed by atoms with van der Waals surface area (Å²) < 4.78 is 4.52. The number of nitrogens with one attached hydrogen (secondary N) is 1. The lowest BCUT2D eigenvalue weighted by Gasteiger charge is -2.34. The number of hydrogen-bond acceptors (Lipinski definition) is 5. The van der Waals surface area contributed by atoms with Gasteiger partial charge < -0.3 is 4.74 Å². The highest BCUT2D eigenvalue weighted by atomic mass is 79.9. The van der Waals surface area contributed by atoms with Gasteiger partial charge in [0.1, 0.15) is 0 Å². The van der Waals surface area contributed by atoms with Crippen molar-refractivity contribution in [3.05, 3.63) is 10.1 Å². The summed E-state index contributed by atoms with van der Waals surface area (Å²) in [5.74, 6) is -0.381. The zero-order valence-corrected chi connectivity index (χ0v) is 11.7. The first kappa shape index (κ1) is 16.3. The number of rotatable bonds is 5. The maximum Gasteiger partial charge on any atom is 0.319 e. The van der Waals surface area contributed by atoms with Crippen molar-refractivity contribution in [3.63, 3.8) is 0 Å². The van der Waals surface area contributed by atoms with Crippen LogP contribution in [0.25, 0.3) is 0 Å². The number of carbonyl (C=O) groups excluding carboxylic acids is 1. The molecule has 6 nitrogen and oxygen atoms in total. The number of hydrogen-bond donors (Lipinski definition) is 1. The van der Waals surface area contributed by atoms with Gasteiger partial charge in [-0.3, -0.25) is 20.2 Å². The molecule has 0 aromatic carbocycles. The highest BCUT2D eigenvalue weighted by Gasteiger charge is 2.37. The molecule has 0 aromatic heterocycles. The number of nitro groups is 1. The summed E-state index contributed by atoms with van der Waals surface area (Å²) in [5, 5.41) is 13.6. The highest BCUT2D eigenvalue weighted by molar-refractivity contribution is 8.93. The van der Waals surface area contributed by atoms with Crippen molar-refractivity contribution in [1.82, 2.24) is 5.32 Å². The Balaban J connectivity index is 0.00000256. The Morgan fingerprint density at radius 1 is 1.41 bits per heavy atom. The molecule has 7 heteroatoms. The van der Waals surface area contributed by atoms with Crippen LogP contribution in [0.15, 0.2) is 0 Å². The summed E-state index contributed by atoms with van der Waals surface area (Å²) in [6.45, 7) is -0.0751. The van der Waals surface area contributed by atoms with Crippen molar-refractivity contribution < 1.29 is 14.5 Å². The van der Waals surface area contributed by atoms with Crippen LogP contribution in [0.5, 0.6) is 0 Å². The number of halogens is 1. The molecule has 1 aliphatic rings. The molecule has 1 fully saturated rings. The van der Waals surface area contributed by atoms with Crippen LogP contribution in [0.4, 0.5) is 0 Å². The lowest BCUT2D eigenvalue weighted by Crippen LogP contribution is -2.53. The van der Waals surface area contributed by atoms with Gasteiger partial charge in [-0.2, -0.15) is 0 Å². The molecule has 1 saturated carbocycles. The summed E-state index contributed by atoms with van der Waals surface area (Å²) >= 11 is 0. The average molecular weight is 311 g/mol. The van der Waals surface area contributed by atoms with E-state index in [2.05, 4.69) is 10.1 Å². The van der Waals surface area contributed by atoms with Gasteiger partial charge in [0.15, 0.2) is 0 Å². The van der Waals surface area contributed by atoms with E-state index in [1.807, 2.05) is 0 Å². The topological polar surface area (TPSA) is 81.5 Å². The monoisotopic (exact) mass is 310 g/mol. The minimum absolute atomic E-state index is 0. The molecule has 0 atom stereocenters. The molecule has 1 aliphatic carbocycles. The van der Waals surface area contributed by atoms with Crippen molar-refractivity contribution in [2.24, 2.45) is 0 Å². The average Bonchev–Trinajstić information content (AvgIpc) is 2.26. The van der Waals surface area contributed by atoms with E-state index < -0.39 is 5.54 Å². The van der Waals surface area contributed by atoms with E-state index >= 15 is 0 Å². The second kappa shape index (κ2) is 7.60. The normalized spacial score (nSPS) is 17.9. The number of ether oxygens (including phenoxy) is 1. The van der Waals surface area contributed by atoms with E-state index in [0.717, 1.165) is 32.1 Å². The molecule has 17 heavy (non-hydrogen) atoms. The summed E-state index contributed by atoms with van der Waals surface area (Å²) in [6.07, 6.45) is 4.57. The molecular formula is C10H19BrN2O4. The van der Waals surface area contributed by atoms with E-state index in [1.165, 1.54) is 7.11 Å². The first-order valence-corrected chi connectivity index (χ1v) is 5.52. The molecule has 0 aliphatic heterocycles. The SMILES string of the molecule is Br.COC(=O)CNC1(C[N+](=O)[O-])CCCCC1. The van der Waals surface area contributed by atoms with Crippen molar-refractivity contribution in [2.75, 3.05) is 20.2 Å². The fraction of sp³-hybridized carbons (Fsp3) is 0.900. The molecule has 1 N–H and O–H groups in total. The molecule has 0 bridgehead atoms. The zero-order chi connectivity index (χ0) is 12.0. The summed E-state index contributed by atoms with van der Waals surface area (Å²) in [7, 11) is 1.31. The van der Waals surface area contributed by atoms with Crippen LogP contribution in [0, 0.1) is 10.1 Å². The predicted octanol–water partition coefficient (Wildman–Crippen LogP) is 1.31. The Hall–Kier alpha value is -0.690. The lowest BCUT2D eigenvalue weighted by molar-refractivity contribution is -0.492. The number of nitrogens with zero attached hydrogens (tertiary/aromatic N) is 1. The maximum absolute atomic E-state index is 11.0. The van der Waals surface area contributed by atoms with E-state index in [4.69, 9.17) is 0 Å². The van der Waals surface area contributed by atoms with E-state index in [9.17, 15) is 14.9 Å². The fourth-order valence-corrected chi connectivity index (χ4v) is 2.20.